The molecule has 7 heteroatoms. The van der Waals surface area contributed by atoms with Gasteiger partial charge in [0.2, 0.25) is 5.91 Å². The summed E-state index contributed by atoms with van der Waals surface area (Å²) < 4.78 is 14.4. The summed E-state index contributed by atoms with van der Waals surface area (Å²) in [5.74, 6) is -0.930. The van der Waals surface area contributed by atoms with Crippen molar-refractivity contribution in [1.29, 1.82) is 0 Å². The van der Waals surface area contributed by atoms with Gasteiger partial charge in [0.1, 0.15) is 23.9 Å². The van der Waals surface area contributed by atoms with Crippen molar-refractivity contribution < 1.29 is 14.0 Å². The van der Waals surface area contributed by atoms with E-state index in [1.165, 1.54) is 12.1 Å². The van der Waals surface area contributed by atoms with Gasteiger partial charge in [-0.05, 0) is 30.7 Å². The van der Waals surface area contributed by atoms with Crippen LogP contribution in [0.3, 0.4) is 0 Å². The second kappa shape index (κ2) is 5.12. The summed E-state index contributed by atoms with van der Waals surface area (Å²) in [4.78, 5) is 22.1. The molecule has 20 heavy (non-hydrogen) atoms. The van der Waals surface area contributed by atoms with Gasteiger partial charge in [0.15, 0.2) is 6.29 Å². The number of aryl methyl sites for hydroxylation is 1. The van der Waals surface area contributed by atoms with Gasteiger partial charge >= 0.3 is 0 Å². The fourth-order valence-electron chi connectivity index (χ4n) is 1.88. The number of anilines is 1. The molecule has 1 amide bonds. The molecule has 1 aromatic carbocycles. The second-order valence-corrected chi connectivity index (χ2v) is 4.35. The number of carbonyl (C=O) groups excluding carboxylic acids is 2. The Morgan fingerprint density at radius 2 is 2.20 bits per heavy atom. The van der Waals surface area contributed by atoms with Crippen LogP contribution < -0.4 is 11.5 Å². The van der Waals surface area contributed by atoms with Crippen molar-refractivity contribution in [3.05, 3.63) is 35.1 Å². The molecule has 6 nitrogen and oxygen atoms in total. The first-order chi connectivity index (χ1) is 9.43. The van der Waals surface area contributed by atoms with Gasteiger partial charge < -0.3 is 11.5 Å². The molecular weight excluding hydrogens is 263 g/mol. The smallest absolute Gasteiger partial charge is 0.239 e. The molecule has 0 bridgehead atoms. The molecule has 2 rings (SSSR count). The number of carbonyl (C=O) groups is 2. The third-order valence-corrected chi connectivity index (χ3v) is 2.88. The van der Waals surface area contributed by atoms with E-state index < -0.39 is 5.91 Å². The van der Waals surface area contributed by atoms with Crippen LogP contribution in [0.15, 0.2) is 18.2 Å². The first-order valence-corrected chi connectivity index (χ1v) is 5.80. The lowest BCUT2D eigenvalue weighted by molar-refractivity contribution is -0.118. The van der Waals surface area contributed by atoms with Crippen molar-refractivity contribution in [1.82, 2.24) is 9.78 Å². The van der Waals surface area contributed by atoms with Crippen LogP contribution >= 0.6 is 0 Å². The standard InChI is InChI=1S/C13H13FN4O2/c1-7-4-8(2-3-10(7)14)12-9(6-19)13(16)18(17-12)5-11(15)20/h2-4,6H,5,16H2,1H3,(H2,15,20). The molecule has 4 N–H and O–H groups in total. The Morgan fingerprint density at radius 1 is 1.50 bits per heavy atom. The van der Waals surface area contributed by atoms with E-state index >= 15 is 0 Å². The average molecular weight is 276 g/mol. The molecule has 0 aliphatic heterocycles. The highest BCUT2D eigenvalue weighted by atomic mass is 19.1. The number of rotatable bonds is 4. The maximum absolute atomic E-state index is 13.3. The van der Waals surface area contributed by atoms with Crippen LogP contribution in [-0.2, 0) is 11.3 Å². The molecule has 104 valence electrons. The quantitative estimate of drug-likeness (QED) is 0.809. The SMILES string of the molecule is Cc1cc(-c2nn(CC(N)=O)c(N)c2C=O)ccc1F. The number of nitrogens with two attached hydrogens (primary N) is 2. The van der Waals surface area contributed by atoms with E-state index in [0.717, 1.165) is 4.68 Å². The minimum absolute atomic E-state index is 0.0516. The van der Waals surface area contributed by atoms with Gasteiger partial charge in [-0.3, -0.25) is 9.59 Å². The predicted molar refractivity (Wildman–Crippen MR) is 71.4 cm³/mol. The van der Waals surface area contributed by atoms with Crippen LogP contribution in [0.1, 0.15) is 15.9 Å². The number of benzene rings is 1. The third-order valence-electron chi connectivity index (χ3n) is 2.88. The van der Waals surface area contributed by atoms with Crippen molar-refractivity contribution >= 4 is 18.0 Å². The highest BCUT2D eigenvalue weighted by molar-refractivity contribution is 5.92. The van der Waals surface area contributed by atoms with Gasteiger partial charge in [-0.1, -0.05) is 0 Å². The summed E-state index contributed by atoms with van der Waals surface area (Å²) in [5, 5.41) is 4.10. The maximum atomic E-state index is 13.3. The van der Waals surface area contributed by atoms with Gasteiger partial charge in [0.05, 0.1) is 5.56 Å². The highest BCUT2D eigenvalue weighted by Gasteiger charge is 2.18. The molecule has 0 fully saturated rings. The fourth-order valence-corrected chi connectivity index (χ4v) is 1.88. The second-order valence-electron chi connectivity index (χ2n) is 4.35. The molecule has 1 heterocycles. The summed E-state index contributed by atoms with van der Waals surface area (Å²) in [5.41, 5.74) is 12.2. The topological polar surface area (TPSA) is 104 Å². The van der Waals surface area contributed by atoms with Gasteiger partial charge in [-0.25, -0.2) is 9.07 Å². The lowest BCUT2D eigenvalue weighted by Crippen LogP contribution is -2.20. The van der Waals surface area contributed by atoms with Crippen LogP contribution in [0.5, 0.6) is 0 Å². The minimum atomic E-state index is -0.626. The van der Waals surface area contributed by atoms with Gasteiger partial charge in [-0.2, -0.15) is 5.10 Å². The molecule has 1 aromatic heterocycles. The molecule has 0 saturated heterocycles. The van der Waals surface area contributed by atoms with E-state index in [2.05, 4.69) is 5.10 Å². The van der Waals surface area contributed by atoms with E-state index in [1.54, 1.807) is 13.0 Å². The predicted octanol–water partition coefficient (Wildman–Crippen LogP) is 0.878. The summed E-state index contributed by atoms with van der Waals surface area (Å²) >= 11 is 0. The monoisotopic (exact) mass is 276 g/mol. The zero-order valence-electron chi connectivity index (χ0n) is 10.8. The summed E-state index contributed by atoms with van der Waals surface area (Å²) in [6.45, 7) is 1.37. The minimum Gasteiger partial charge on any atom is -0.383 e. The molecular formula is C13H13FN4O2. The molecule has 0 atom stereocenters. The fraction of sp³-hybridized carbons (Fsp3) is 0.154. The molecule has 2 aromatic rings. The zero-order valence-corrected chi connectivity index (χ0v) is 10.8. The number of amides is 1. The van der Waals surface area contributed by atoms with Crippen molar-refractivity contribution in [3.8, 4) is 11.3 Å². The summed E-state index contributed by atoms with van der Waals surface area (Å²) in [6, 6.07) is 4.33. The van der Waals surface area contributed by atoms with Crippen LogP contribution in [0.4, 0.5) is 10.2 Å². The van der Waals surface area contributed by atoms with Gasteiger partial charge in [0.25, 0.3) is 0 Å². The number of aldehydes is 1. The van der Waals surface area contributed by atoms with Crippen molar-refractivity contribution in [2.75, 3.05) is 5.73 Å². The number of hydrogen-bond acceptors (Lipinski definition) is 4. The number of nitrogen functional groups attached to an aromatic ring is 1. The number of primary amides is 1. The van der Waals surface area contributed by atoms with Crippen molar-refractivity contribution in [2.45, 2.75) is 13.5 Å². The van der Waals surface area contributed by atoms with Gasteiger partial charge in [0, 0.05) is 5.56 Å². The lowest BCUT2D eigenvalue weighted by Gasteiger charge is -2.01. The Labute approximate surface area is 114 Å². The van der Waals surface area contributed by atoms with E-state index in [0.29, 0.717) is 23.1 Å². The van der Waals surface area contributed by atoms with Crippen molar-refractivity contribution in [2.24, 2.45) is 5.73 Å². The number of aromatic nitrogens is 2. The summed E-state index contributed by atoms with van der Waals surface area (Å²) in [7, 11) is 0. The van der Waals surface area contributed by atoms with Crippen molar-refractivity contribution in [3.63, 3.8) is 0 Å². The Kier molecular flexibility index (Phi) is 3.51. The largest absolute Gasteiger partial charge is 0.383 e. The Morgan fingerprint density at radius 3 is 2.75 bits per heavy atom. The first-order valence-electron chi connectivity index (χ1n) is 5.80. The molecule has 0 aliphatic carbocycles. The van der Waals surface area contributed by atoms with Crippen LogP contribution in [0.25, 0.3) is 11.3 Å². The van der Waals surface area contributed by atoms with Crippen LogP contribution in [0, 0.1) is 12.7 Å². The number of halogens is 1. The van der Waals surface area contributed by atoms with E-state index in [1.807, 2.05) is 0 Å². The Bertz CT molecular complexity index is 694. The Hall–Kier alpha value is -2.70. The molecule has 0 spiro atoms. The maximum Gasteiger partial charge on any atom is 0.239 e. The van der Waals surface area contributed by atoms with E-state index in [-0.39, 0.29) is 23.7 Å². The molecule has 0 radical (unpaired) electrons. The number of hydrogen-bond donors (Lipinski definition) is 2. The van der Waals surface area contributed by atoms with Crippen LogP contribution in [-0.4, -0.2) is 22.0 Å². The average Bonchev–Trinajstić information content (AvgIpc) is 2.69. The molecule has 0 unspecified atom stereocenters. The number of nitrogens with zero attached hydrogens (tertiary/aromatic N) is 2. The third kappa shape index (κ3) is 2.37. The first kappa shape index (κ1) is 13.7. The van der Waals surface area contributed by atoms with E-state index in [9.17, 15) is 14.0 Å². The molecule has 0 saturated carbocycles. The molecule has 0 aliphatic rings. The van der Waals surface area contributed by atoms with E-state index in [4.69, 9.17) is 11.5 Å². The summed E-state index contributed by atoms with van der Waals surface area (Å²) in [6.07, 6.45) is 0.549. The normalized spacial score (nSPS) is 10.5. The lowest BCUT2D eigenvalue weighted by atomic mass is 10.1. The Balaban J connectivity index is 2.58. The van der Waals surface area contributed by atoms with Crippen LogP contribution in [0.2, 0.25) is 0 Å². The zero-order chi connectivity index (χ0) is 14.9. The highest BCUT2D eigenvalue weighted by Crippen LogP contribution is 2.27. The van der Waals surface area contributed by atoms with Gasteiger partial charge in [-0.15, -0.1) is 0 Å².